The van der Waals surface area contributed by atoms with Crippen molar-refractivity contribution < 1.29 is 0 Å². The number of aryl methyl sites for hydroxylation is 1. The van der Waals surface area contributed by atoms with Crippen LogP contribution in [0.5, 0.6) is 0 Å². The van der Waals surface area contributed by atoms with Crippen LogP contribution in [0.3, 0.4) is 0 Å². The van der Waals surface area contributed by atoms with E-state index in [0.717, 1.165) is 48.6 Å². The number of aromatic nitrogens is 1. The van der Waals surface area contributed by atoms with Crippen LogP contribution >= 0.6 is 0 Å². The molecule has 0 radical (unpaired) electrons. The van der Waals surface area contributed by atoms with Crippen molar-refractivity contribution in [1.29, 1.82) is 10.5 Å². The Labute approximate surface area is 147 Å². The molecule has 1 aliphatic heterocycles. The summed E-state index contributed by atoms with van der Waals surface area (Å²) in [5, 5.41) is 21.4. The summed E-state index contributed by atoms with van der Waals surface area (Å²) in [6.07, 6.45) is 7.58. The van der Waals surface area contributed by atoms with E-state index in [0.29, 0.717) is 5.69 Å². The second kappa shape index (κ2) is 5.79. The number of aliphatic imine (C=N–C) groups is 1. The Kier molecular flexibility index (Phi) is 3.58. The molecular formula is C20H19N5. The summed E-state index contributed by atoms with van der Waals surface area (Å²) in [6, 6.07) is 12.2. The summed E-state index contributed by atoms with van der Waals surface area (Å²) < 4.78 is 1.98. The first-order chi connectivity index (χ1) is 12.2. The number of fused-ring (bicyclic) bond motifs is 2. The molecule has 1 spiro atoms. The summed E-state index contributed by atoms with van der Waals surface area (Å²) in [5.74, 6) is 0.784. The zero-order valence-electron chi connectivity index (χ0n) is 14.2. The first-order valence-electron chi connectivity index (χ1n) is 8.67. The number of rotatable bonds is 1. The molecule has 25 heavy (non-hydrogen) atoms. The molecule has 2 aromatic rings. The van der Waals surface area contributed by atoms with Crippen molar-refractivity contribution >= 4 is 11.5 Å². The highest BCUT2D eigenvalue weighted by atomic mass is 15.0. The van der Waals surface area contributed by atoms with Gasteiger partial charge in [-0.05, 0) is 55.7 Å². The highest BCUT2D eigenvalue weighted by molar-refractivity contribution is 6.01. The van der Waals surface area contributed by atoms with E-state index in [1.165, 1.54) is 12.0 Å². The molecule has 1 aliphatic carbocycles. The largest absolute Gasteiger partial charge is 0.306 e. The van der Waals surface area contributed by atoms with E-state index in [2.05, 4.69) is 23.6 Å². The maximum atomic E-state index is 9.40. The molecule has 1 saturated carbocycles. The molecule has 0 atom stereocenters. The molecular weight excluding hydrogens is 310 g/mol. The average molecular weight is 329 g/mol. The lowest BCUT2D eigenvalue weighted by molar-refractivity contribution is 0.381. The number of nitrogens with one attached hydrogen (secondary N) is 1. The first kappa shape index (κ1) is 15.5. The van der Waals surface area contributed by atoms with Gasteiger partial charge in [-0.3, -0.25) is 5.32 Å². The first-order valence-corrected chi connectivity index (χ1v) is 8.67. The van der Waals surface area contributed by atoms with Gasteiger partial charge in [0.05, 0.1) is 11.1 Å². The van der Waals surface area contributed by atoms with E-state index in [9.17, 15) is 5.26 Å². The van der Waals surface area contributed by atoms with Gasteiger partial charge in [0.15, 0.2) is 6.19 Å². The van der Waals surface area contributed by atoms with Crippen molar-refractivity contribution in [2.24, 2.45) is 4.99 Å². The number of nitriles is 2. The van der Waals surface area contributed by atoms with Gasteiger partial charge < -0.3 is 4.57 Å². The fraction of sp³-hybridized carbons (Fsp3) is 0.350. The summed E-state index contributed by atoms with van der Waals surface area (Å²) in [6.45, 7) is 2.00. The quantitative estimate of drug-likeness (QED) is 0.635. The Morgan fingerprint density at radius 1 is 1.12 bits per heavy atom. The normalized spacial score (nSPS) is 17.5. The number of nitrogens with zero attached hydrogens (tertiary/aromatic N) is 4. The van der Waals surface area contributed by atoms with E-state index < -0.39 is 0 Å². The molecule has 2 heterocycles. The van der Waals surface area contributed by atoms with Gasteiger partial charge in [-0.25, -0.2) is 4.99 Å². The van der Waals surface area contributed by atoms with Gasteiger partial charge in [0.2, 0.25) is 0 Å². The molecule has 4 rings (SSSR count). The van der Waals surface area contributed by atoms with Gasteiger partial charge in [0.25, 0.3) is 0 Å². The minimum atomic E-state index is -0.187. The van der Waals surface area contributed by atoms with Crippen LogP contribution in [-0.4, -0.2) is 10.4 Å². The lowest BCUT2D eigenvalue weighted by Crippen LogP contribution is -2.42. The van der Waals surface area contributed by atoms with Gasteiger partial charge in [-0.2, -0.15) is 10.5 Å². The Balaban J connectivity index is 1.86. The predicted molar refractivity (Wildman–Crippen MR) is 95.8 cm³/mol. The van der Waals surface area contributed by atoms with Gasteiger partial charge in [-0.1, -0.05) is 19.3 Å². The van der Waals surface area contributed by atoms with Crippen LogP contribution in [-0.2, 0) is 5.41 Å². The Morgan fingerprint density at radius 3 is 2.64 bits per heavy atom. The second-order valence-corrected chi connectivity index (χ2v) is 6.85. The molecule has 0 unspecified atom stereocenters. The summed E-state index contributed by atoms with van der Waals surface area (Å²) in [5.41, 5.74) is 4.57. The summed E-state index contributed by atoms with van der Waals surface area (Å²) >= 11 is 0. The van der Waals surface area contributed by atoms with Crippen LogP contribution in [0.2, 0.25) is 0 Å². The Bertz CT molecular complexity index is 945. The molecule has 1 N–H and O–H groups in total. The maximum absolute atomic E-state index is 9.40. The fourth-order valence-corrected chi connectivity index (χ4v) is 4.33. The number of benzene rings is 1. The smallest absolute Gasteiger partial charge is 0.182 e. The number of amidine groups is 1. The van der Waals surface area contributed by atoms with Crippen molar-refractivity contribution in [3.8, 4) is 17.9 Å². The molecule has 5 nitrogen and oxygen atoms in total. The lowest BCUT2D eigenvalue weighted by atomic mass is 9.69. The van der Waals surface area contributed by atoms with E-state index in [4.69, 9.17) is 10.3 Å². The zero-order chi connectivity index (χ0) is 17.4. The highest BCUT2D eigenvalue weighted by Crippen LogP contribution is 2.49. The summed E-state index contributed by atoms with van der Waals surface area (Å²) in [4.78, 5) is 4.71. The van der Waals surface area contributed by atoms with Crippen LogP contribution in [0.15, 0.2) is 35.3 Å². The fourth-order valence-electron chi connectivity index (χ4n) is 4.33. The molecule has 1 fully saturated rings. The average Bonchev–Trinajstić information content (AvgIpc) is 3.15. The SMILES string of the molecule is Cc1ccc(C#N)n1-c1ccc2c(c1)C1(CCCCC1)C(NC#N)=N2. The second-order valence-electron chi connectivity index (χ2n) is 6.85. The molecule has 1 aromatic carbocycles. The van der Waals surface area contributed by atoms with Crippen LogP contribution in [0.1, 0.15) is 49.1 Å². The van der Waals surface area contributed by atoms with Gasteiger partial charge in [0.1, 0.15) is 17.6 Å². The molecule has 0 bridgehead atoms. The van der Waals surface area contributed by atoms with Gasteiger partial charge >= 0.3 is 0 Å². The highest BCUT2D eigenvalue weighted by Gasteiger charge is 2.44. The molecule has 2 aliphatic rings. The van der Waals surface area contributed by atoms with Gasteiger partial charge in [-0.15, -0.1) is 0 Å². The third kappa shape index (κ3) is 2.24. The van der Waals surface area contributed by atoms with E-state index in [-0.39, 0.29) is 5.41 Å². The standard InChI is InChI=1S/C20H19N5/c1-14-5-6-16(12-21)25(14)15-7-8-18-17(11-15)20(9-3-2-4-10-20)19(24-18)23-13-22/h5-8,11H,2-4,9-10H2,1H3,(H,23,24). The van der Waals surface area contributed by atoms with Crippen molar-refractivity contribution in [3.05, 3.63) is 47.3 Å². The van der Waals surface area contributed by atoms with Gasteiger partial charge in [0, 0.05) is 11.4 Å². The maximum Gasteiger partial charge on any atom is 0.182 e. The Morgan fingerprint density at radius 2 is 1.92 bits per heavy atom. The van der Waals surface area contributed by atoms with Crippen molar-refractivity contribution in [1.82, 2.24) is 9.88 Å². The molecule has 0 saturated heterocycles. The zero-order valence-corrected chi connectivity index (χ0v) is 14.2. The minimum Gasteiger partial charge on any atom is -0.306 e. The van der Waals surface area contributed by atoms with Crippen LogP contribution in [0.25, 0.3) is 5.69 Å². The van der Waals surface area contributed by atoms with Crippen molar-refractivity contribution in [2.45, 2.75) is 44.4 Å². The third-order valence-electron chi connectivity index (χ3n) is 5.51. The predicted octanol–water partition coefficient (Wildman–Crippen LogP) is 3.97. The van der Waals surface area contributed by atoms with E-state index >= 15 is 0 Å². The van der Waals surface area contributed by atoms with Crippen LogP contribution in [0.4, 0.5) is 5.69 Å². The third-order valence-corrected chi connectivity index (χ3v) is 5.51. The monoisotopic (exact) mass is 329 g/mol. The topological polar surface area (TPSA) is 76.9 Å². The lowest BCUT2D eigenvalue weighted by Gasteiger charge is -2.35. The summed E-state index contributed by atoms with van der Waals surface area (Å²) in [7, 11) is 0. The molecule has 124 valence electrons. The number of hydrogen-bond acceptors (Lipinski definition) is 4. The van der Waals surface area contributed by atoms with E-state index in [1.807, 2.05) is 35.8 Å². The van der Waals surface area contributed by atoms with E-state index in [1.54, 1.807) is 0 Å². The molecule has 0 amide bonds. The van der Waals surface area contributed by atoms with Crippen LogP contribution in [0, 0.1) is 29.7 Å². The van der Waals surface area contributed by atoms with Crippen molar-refractivity contribution in [3.63, 3.8) is 0 Å². The van der Waals surface area contributed by atoms with Crippen LogP contribution < -0.4 is 5.32 Å². The minimum absolute atomic E-state index is 0.187. The molecule has 1 aromatic heterocycles. The van der Waals surface area contributed by atoms with Crippen molar-refractivity contribution in [2.75, 3.05) is 0 Å². The Hall–Kier alpha value is -3.05. The number of hydrogen-bond donors (Lipinski definition) is 1. The molecule has 5 heteroatoms.